The fourth-order valence-electron chi connectivity index (χ4n) is 3.50. The predicted molar refractivity (Wildman–Crippen MR) is 128 cm³/mol. The summed E-state index contributed by atoms with van der Waals surface area (Å²) in [6, 6.07) is 11.9. The zero-order chi connectivity index (χ0) is 25.9. The smallest absolute Gasteiger partial charge is 0.416 e. The SMILES string of the molecule is CCc1ncnc(-c2cccnc2Oc2cc(C(=O)Nc3cccc(C(F)(F)F)c3C)ccc2C)n1. The first-order valence-corrected chi connectivity index (χ1v) is 11.1. The van der Waals surface area contributed by atoms with Crippen molar-refractivity contribution >= 4 is 11.6 Å². The molecule has 7 nitrogen and oxygen atoms in total. The maximum absolute atomic E-state index is 13.2. The van der Waals surface area contributed by atoms with Crippen LogP contribution in [0.5, 0.6) is 11.6 Å². The number of hydrogen-bond acceptors (Lipinski definition) is 6. The second-order valence-corrected chi connectivity index (χ2v) is 7.95. The van der Waals surface area contributed by atoms with Gasteiger partial charge in [0.05, 0.1) is 11.1 Å². The van der Waals surface area contributed by atoms with E-state index in [2.05, 4.69) is 25.3 Å². The molecule has 1 amide bonds. The molecule has 184 valence electrons. The molecule has 1 N–H and O–H groups in total. The molecular formula is C26H22F3N5O2. The third kappa shape index (κ3) is 5.32. The minimum Gasteiger partial charge on any atom is -0.438 e. The van der Waals surface area contributed by atoms with Gasteiger partial charge in [-0.3, -0.25) is 4.79 Å². The van der Waals surface area contributed by atoms with Crippen LogP contribution in [0.3, 0.4) is 0 Å². The molecule has 0 unspecified atom stereocenters. The number of carbonyl (C=O) groups is 1. The van der Waals surface area contributed by atoms with Crippen molar-refractivity contribution < 1.29 is 22.7 Å². The summed E-state index contributed by atoms with van der Waals surface area (Å²) in [4.78, 5) is 30.0. The van der Waals surface area contributed by atoms with E-state index in [9.17, 15) is 18.0 Å². The molecule has 2 aromatic carbocycles. The lowest BCUT2D eigenvalue weighted by Gasteiger charge is -2.15. The Morgan fingerprint density at radius 3 is 2.58 bits per heavy atom. The third-order valence-electron chi connectivity index (χ3n) is 5.49. The Morgan fingerprint density at radius 1 is 1.03 bits per heavy atom. The number of anilines is 1. The second-order valence-electron chi connectivity index (χ2n) is 7.95. The van der Waals surface area contributed by atoms with Crippen molar-refractivity contribution in [1.82, 2.24) is 19.9 Å². The molecule has 0 aliphatic rings. The van der Waals surface area contributed by atoms with Gasteiger partial charge in [-0.25, -0.2) is 19.9 Å². The average molecular weight is 493 g/mol. The van der Waals surface area contributed by atoms with E-state index in [1.165, 1.54) is 31.5 Å². The fraction of sp³-hybridized carbons (Fsp3) is 0.192. The topological polar surface area (TPSA) is 89.9 Å². The first-order valence-electron chi connectivity index (χ1n) is 11.1. The highest BCUT2D eigenvalue weighted by Gasteiger charge is 2.33. The number of aryl methyl sites for hydroxylation is 2. The minimum atomic E-state index is -4.52. The number of benzene rings is 2. The zero-order valence-corrected chi connectivity index (χ0v) is 19.7. The number of carbonyl (C=O) groups excluding carboxylic acids is 1. The van der Waals surface area contributed by atoms with Crippen molar-refractivity contribution in [2.75, 3.05) is 5.32 Å². The molecule has 0 atom stereocenters. The number of aromatic nitrogens is 4. The van der Waals surface area contributed by atoms with E-state index in [-0.39, 0.29) is 22.7 Å². The van der Waals surface area contributed by atoms with Crippen LogP contribution in [0.2, 0.25) is 0 Å². The molecule has 4 rings (SSSR count). The summed E-state index contributed by atoms with van der Waals surface area (Å²) in [6.07, 6.45) is -0.910. The van der Waals surface area contributed by atoms with Crippen LogP contribution in [-0.2, 0) is 12.6 Å². The summed E-state index contributed by atoms with van der Waals surface area (Å²) in [6.45, 7) is 5.05. The van der Waals surface area contributed by atoms with Crippen molar-refractivity contribution in [3.63, 3.8) is 0 Å². The molecule has 0 radical (unpaired) electrons. The van der Waals surface area contributed by atoms with E-state index < -0.39 is 17.6 Å². The van der Waals surface area contributed by atoms with Crippen LogP contribution in [0.25, 0.3) is 11.4 Å². The summed E-state index contributed by atoms with van der Waals surface area (Å²) in [5.41, 5.74) is 0.681. The van der Waals surface area contributed by atoms with E-state index >= 15 is 0 Å². The van der Waals surface area contributed by atoms with Gasteiger partial charge in [-0.1, -0.05) is 19.1 Å². The van der Waals surface area contributed by atoms with Gasteiger partial charge in [-0.2, -0.15) is 13.2 Å². The Kier molecular flexibility index (Phi) is 6.96. The van der Waals surface area contributed by atoms with Crippen LogP contribution in [-0.4, -0.2) is 25.8 Å². The first-order chi connectivity index (χ1) is 17.2. The van der Waals surface area contributed by atoms with Crippen LogP contribution in [0.15, 0.2) is 61.1 Å². The molecule has 2 aromatic heterocycles. The predicted octanol–water partition coefficient (Wildman–Crippen LogP) is 6.18. The van der Waals surface area contributed by atoms with Gasteiger partial charge in [-0.15, -0.1) is 0 Å². The van der Waals surface area contributed by atoms with Gasteiger partial charge in [0.25, 0.3) is 5.91 Å². The van der Waals surface area contributed by atoms with Gasteiger partial charge in [0, 0.05) is 23.9 Å². The second kappa shape index (κ2) is 10.1. The average Bonchev–Trinajstić information content (AvgIpc) is 2.86. The van der Waals surface area contributed by atoms with Gasteiger partial charge in [0.15, 0.2) is 5.82 Å². The standard InChI is InChI=1S/C26H22F3N5O2/c1-4-22-31-14-32-23(34-22)18-7-6-12-30-25(18)36-21-13-17(11-10-15(21)2)24(35)33-20-9-5-8-19(16(20)3)26(27,28)29/h5-14H,4H2,1-3H3,(H,33,35). The highest BCUT2D eigenvalue weighted by molar-refractivity contribution is 6.05. The highest BCUT2D eigenvalue weighted by Crippen LogP contribution is 2.35. The molecule has 0 aliphatic heterocycles. The van der Waals surface area contributed by atoms with E-state index in [0.29, 0.717) is 29.4 Å². The third-order valence-corrected chi connectivity index (χ3v) is 5.49. The quantitative estimate of drug-likeness (QED) is 0.345. The molecule has 0 saturated heterocycles. The summed E-state index contributed by atoms with van der Waals surface area (Å²) in [5, 5.41) is 2.56. The normalized spacial score (nSPS) is 11.3. The number of amides is 1. The number of nitrogens with zero attached hydrogens (tertiary/aromatic N) is 4. The summed E-state index contributed by atoms with van der Waals surface area (Å²) < 4.78 is 45.8. The van der Waals surface area contributed by atoms with Crippen LogP contribution < -0.4 is 10.1 Å². The van der Waals surface area contributed by atoms with Crippen molar-refractivity contribution in [2.45, 2.75) is 33.4 Å². The molecule has 0 spiro atoms. The van der Waals surface area contributed by atoms with Gasteiger partial charge in [-0.05, 0) is 61.4 Å². The minimum absolute atomic E-state index is 0.0659. The Hall–Kier alpha value is -4.34. The number of nitrogens with one attached hydrogen (secondary N) is 1. The largest absolute Gasteiger partial charge is 0.438 e. The van der Waals surface area contributed by atoms with Crippen LogP contribution >= 0.6 is 0 Å². The molecule has 0 bridgehead atoms. The van der Waals surface area contributed by atoms with E-state index in [0.717, 1.165) is 11.6 Å². The van der Waals surface area contributed by atoms with Crippen LogP contribution in [0, 0.1) is 13.8 Å². The molecule has 2 heterocycles. The summed E-state index contributed by atoms with van der Waals surface area (Å²) in [5.74, 6) is 1.04. The van der Waals surface area contributed by atoms with Gasteiger partial charge in [0.2, 0.25) is 5.88 Å². The molecular weight excluding hydrogens is 471 g/mol. The number of alkyl halides is 3. The van der Waals surface area contributed by atoms with E-state index in [1.807, 2.05) is 6.92 Å². The van der Waals surface area contributed by atoms with E-state index in [1.54, 1.807) is 37.4 Å². The Bertz CT molecular complexity index is 1420. The van der Waals surface area contributed by atoms with Crippen molar-refractivity contribution in [3.05, 3.63) is 89.1 Å². The Morgan fingerprint density at radius 2 is 1.83 bits per heavy atom. The summed E-state index contributed by atoms with van der Waals surface area (Å²) in [7, 11) is 0. The molecule has 0 aliphatic carbocycles. The first kappa shape index (κ1) is 24.8. The van der Waals surface area contributed by atoms with Crippen LogP contribution in [0.4, 0.5) is 18.9 Å². The maximum Gasteiger partial charge on any atom is 0.416 e. The number of rotatable bonds is 6. The highest BCUT2D eigenvalue weighted by atomic mass is 19.4. The number of halogens is 3. The van der Waals surface area contributed by atoms with Gasteiger partial charge < -0.3 is 10.1 Å². The molecule has 0 saturated carbocycles. The Balaban J connectivity index is 1.62. The molecule has 4 aromatic rings. The van der Waals surface area contributed by atoms with Gasteiger partial charge in [0.1, 0.15) is 17.9 Å². The van der Waals surface area contributed by atoms with E-state index in [4.69, 9.17) is 4.74 Å². The molecule has 10 heteroatoms. The molecule has 0 fully saturated rings. The Labute approximate surface area is 205 Å². The lowest BCUT2D eigenvalue weighted by atomic mass is 10.1. The van der Waals surface area contributed by atoms with Crippen LogP contribution in [0.1, 0.15) is 39.8 Å². The lowest BCUT2D eigenvalue weighted by Crippen LogP contribution is -2.15. The molecule has 36 heavy (non-hydrogen) atoms. The lowest BCUT2D eigenvalue weighted by molar-refractivity contribution is -0.138. The van der Waals surface area contributed by atoms with Gasteiger partial charge >= 0.3 is 6.18 Å². The maximum atomic E-state index is 13.2. The number of pyridine rings is 1. The number of ether oxygens (including phenoxy) is 1. The monoisotopic (exact) mass is 493 g/mol. The zero-order valence-electron chi connectivity index (χ0n) is 19.7. The summed E-state index contributed by atoms with van der Waals surface area (Å²) >= 11 is 0. The van der Waals surface area contributed by atoms with Crippen molar-refractivity contribution in [2.24, 2.45) is 0 Å². The van der Waals surface area contributed by atoms with Crippen molar-refractivity contribution in [3.8, 4) is 23.0 Å². The fourth-order valence-corrected chi connectivity index (χ4v) is 3.50. The van der Waals surface area contributed by atoms with Crippen molar-refractivity contribution in [1.29, 1.82) is 0 Å². The number of hydrogen-bond donors (Lipinski definition) is 1.